The molecule has 2 aromatic carbocycles. The van der Waals surface area contributed by atoms with Crippen molar-refractivity contribution >= 4 is 34.8 Å². The molecule has 0 spiro atoms. The first kappa shape index (κ1) is 17.0. The van der Waals surface area contributed by atoms with Gasteiger partial charge in [-0.15, -0.1) is 10.2 Å². The summed E-state index contributed by atoms with van der Waals surface area (Å²) in [6.07, 6.45) is 0. The Morgan fingerprint density at radius 2 is 1.78 bits per heavy atom. The Bertz CT molecular complexity index is 1010. The van der Waals surface area contributed by atoms with Crippen molar-refractivity contribution in [2.24, 2.45) is 0 Å². The van der Waals surface area contributed by atoms with Gasteiger partial charge < -0.3 is 20.1 Å². The maximum Gasteiger partial charge on any atom is 0.257 e. The average molecular weight is 387 g/mol. The van der Waals surface area contributed by atoms with Crippen LogP contribution in [0.5, 0.6) is 11.5 Å². The van der Waals surface area contributed by atoms with Crippen LogP contribution in [0.3, 0.4) is 0 Å². The molecule has 7 nitrogen and oxygen atoms in total. The zero-order chi connectivity index (χ0) is 18.8. The van der Waals surface area contributed by atoms with Crippen LogP contribution in [0.2, 0.25) is 5.02 Å². The van der Waals surface area contributed by atoms with Crippen molar-refractivity contribution in [2.75, 3.05) is 17.4 Å². The van der Waals surface area contributed by atoms with Crippen molar-refractivity contribution in [2.45, 2.75) is 0 Å². The Hall–Kier alpha value is -3.39. The van der Waals surface area contributed by atoms with Crippen molar-refractivity contribution in [3.8, 4) is 11.5 Å². The highest BCUT2D eigenvalue weighted by Gasteiger charge is 2.16. The number of ether oxygens (including phenoxy) is 2. The van der Waals surface area contributed by atoms with E-state index >= 15 is 0 Å². The van der Waals surface area contributed by atoms with E-state index in [-0.39, 0.29) is 23.5 Å². The molecule has 2 heterocycles. The van der Waals surface area contributed by atoms with Crippen LogP contribution >= 0.6 is 11.6 Å². The zero-order valence-electron chi connectivity index (χ0n) is 13.7. The molecule has 0 fully saturated rings. The third kappa shape index (κ3) is 3.75. The summed E-state index contributed by atoms with van der Waals surface area (Å²) in [6.45, 7) is 0.139. The molecule has 2 N–H and O–H groups in total. The molecule has 0 saturated heterocycles. The highest BCUT2D eigenvalue weighted by Crippen LogP contribution is 2.32. The maximum absolute atomic E-state index is 13.2. The molecule has 0 atom stereocenters. The highest BCUT2D eigenvalue weighted by molar-refractivity contribution is 6.31. The first-order valence-corrected chi connectivity index (χ1v) is 8.23. The third-order valence-electron chi connectivity index (χ3n) is 3.73. The molecule has 1 aliphatic rings. The van der Waals surface area contributed by atoms with Crippen LogP contribution in [-0.4, -0.2) is 22.9 Å². The number of aromatic nitrogens is 2. The van der Waals surface area contributed by atoms with Gasteiger partial charge in [-0.1, -0.05) is 11.6 Å². The van der Waals surface area contributed by atoms with E-state index in [4.69, 9.17) is 21.1 Å². The smallest absolute Gasteiger partial charge is 0.257 e. The molecule has 1 amide bonds. The molecule has 0 aliphatic carbocycles. The second-order valence-electron chi connectivity index (χ2n) is 5.58. The molecule has 0 radical (unpaired) electrons. The third-order valence-corrected chi connectivity index (χ3v) is 4.02. The lowest BCUT2D eigenvalue weighted by Crippen LogP contribution is -2.13. The lowest BCUT2D eigenvalue weighted by atomic mass is 10.2. The van der Waals surface area contributed by atoms with Crippen LogP contribution in [0.4, 0.5) is 21.7 Å². The summed E-state index contributed by atoms with van der Waals surface area (Å²) >= 11 is 5.74. The van der Waals surface area contributed by atoms with Gasteiger partial charge in [0.05, 0.1) is 5.02 Å². The minimum absolute atomic E-state index is 0.000527. The molecule has 0 saturated carbocycles. The van der Waals surface area contributed by atoms with E-state index in [0.29, 0.717) is 28.6 Å². The molecule has 136 valence electrons. The number of carbonyl (C=O) groups excluding carboxylic acids is 1. The fraction of sp³-hybridized carbons (Fsp3) is 0.0556. The number of rotatable bonds is 4. The molecule has 1 aromatic heterocycles. The van der Waals surface area contributed by atoms with E-state index in [2.05, 4.69) is 20.8 Å². The van der Waals surface area contributed by atoms with E-state index in [1.165, 1.54) is 18.2 Å². The van der Waals surface area contributed by atoms with Gasteiger partial charge in [-0.3, -0.25) is 4.79 Å². The Morgan fingerprint density at radius 1 is 1.00 bits per heavy atom. The van der Waals surface area contributed by atoms with Gasteiger partial charge in [0.25, 0.3) is 5.91 Å². The summed E-state index contributed by atoms with van der Waals surface area (Å²) < 4.78 is 23.7. The molecular formula is C18H12ClFN4O3. The van der Waals surface area contributed by atoms with Gasteiger partial charge in [0, 0.05) is 11.3 Å². The fourth-order valence-electron chi connectivity index (χ4n) is 2.41. The number of nitrogens with zero attached hydrogens (tertiary/aromatic N) is 2. The number of nitrogens with one attached hydrogen (secondary N) is 2. The fourth-order valence-corrected chi connectivity index (χ4v) is 2.59. The Morgan fingerprint density at radius 3 is 2.56 bits per heavy atom. The largest absolute Gasteiger partial charge is 0.454 e. The molecular weight excluding hydrogens is 375 g/mol. The summed E-state index contributed by atoms with van der Waals surface area (Å²) in [4.78, 5) is 12.3. The maximum atomic E-state index is 13.2. The molecule has 1 aliphatic heterocycles. The average Bonchev–Trinajstić information content (AvgIpc) is 3.14. The lowest BCUT2D eigenvalue weighted by molar-refractivity contribution is 0.102. The van der Waals surface area contributed by atoms with Crippen LogP contribution in [0.25, 0.3) is 0 Å². The Kier molecular flexibility index (Phi) is 4.47. The number of amides is 1. The SMILES string of the molecule is O=C(Nc1ccc(Nc2ccc(F)c(Cl)c2)nn1)c1ccc2c(c1)OCO2. The van der Waals surface area contributed by atoms with Crippen molar-refractivity contribution < 1.29 is 18.7 Å². The van der Waals surface area contributed by atoms with Crippen molar-refractivity contribution in [1.29, 1.82) is 0 Å². The molecule has 3 aromatic rings. The number of hydrogen-bond donors (Lipinski definition) is 2. The second-order valence-corrected chi connectivity index (χ2v) is 5.99. The van der Waals surface area contributed by atoms with Gasteiger partial charge in [0.15, 0.2) is 23.1 Å². The number of halogens is 2. The number of benzene rings is 2. The van der Waals surface area contributed by atoms with Crippen molar-refractivity contribution in [3.63, 3.8) is 0 Å². The van der Waals surface area contributed by atoms with E-state index in [1.54, 1.807) is 30.3 Å². The standard InChI is InChI=1S/C18H12ClFN4O3/c19-12-8-11(2-3-13(12)20)21-16-5-6-17(24-23-16)22-18(25)10-1-4-14-15(7-10)27-9-26-14/h1-8H,9H2,(H,21,23)(H,22,24,25). The molecule has 4 rings (SSSR count). The first-order chi connectivity index (χ1) is 13.1. The highest BCUT2D eigenvalue weighted by atomic mass is 35.5. The number of hydrogen-bond acceptors (Lipinski definition) is 6. The Balaban J connectivity index is 1.43. The number of carbonyl (C=O) groups is 1. The van der Waals surface area contributed by atoms with Crippen molar-refractivity contribution in [1.82, 2.24) is 10.2 Å². The van der Waals surface area contributed by atoms with Crippen LogP contribution in [0.1, 0.15) is 10.4 Å². The van der Waals surface area contributed by atoms with Gasteiger partial charge in [0.2, 0.25) is 6.79 Å². The normalized spacial score (nSPS) is 11.9. The molecule has 0 bridgehead atoms. The van der Waals surface area contributed by atoms with E-state index in [9.17, 15) is 9.18 Å². The minimum atomic E-state index is -0.505. The second kappa shape index (κ2) is 7.08. The summed E-state index contributed by atoms with van der Waals surface area (Å²) in [5, 5.41) is 13.5. The molecule has 9 heteroatoms. The van der Waals surface area contributed by atoms with Gasteiger partial charge in [-0.25, -0.2) is 4.39 Å². The summed E-state index contributed by atoms with van der Waals surface area (Å²) in [5.41, 5.74) is 0.969. The van der Waals surface area contributed by atoms with Gasteiger partial charge >= 0.3 is 0 Å². The van der Waals surface area contributed by atoms with E-state index < -0.39 is 5.82 Å². The van der Waals surface area contributed by atoms with Crippen molar-refractivity contribution in [3.05, 3.63) is 64.9 Å². The first-order valence-electron chi connectivity index (χ1n) is 7.85. The summed E-state index contributed by atoms with van der Waals surface area (Å²) in [5.74, 6) is 0.955. The quantitative estimate of drug-likeness (QED) is 0.705. The predicted molar refractivity (Wildman–Crippen MR) is 97.2 cm³/mol. The molecule has 0 unspecified atom stereocenters. The predicted octanol–water partition coefficient (Wildman–Crippen LogP) is 3.99. The van der Waals surface area contributed by atoms with Gasteiger partial charge in [0.1, 0.15) is 5.82 Å². The van der Waals surface area contributed by atoms with Crippen LogP contribution in [-0.2, 0) is 0 Å². The van der Waals surface area contributed by atoms with Gasteiger partial charge in [-0.05, 0) is 48.5 Å². The van der Waals surface area contributed by atoms with E-state index in [0.717, 1.165) is 0 Å². The Labute approximate surface area is 158 Å². The minimum Gasteiger partial charge on any atom is -0.454 e. The van der Waals surface area contributed by atoms with Gasteiger partial charge in [-0.2, -0.15) is 0 Å². The van der Waals surface area contributed by atoms with E-state index in [1.807, 2.05) is 0 Å². The number of fused-ring (bicyclic) bond motifs is 1. The van der Waals surface area contributed by atoms with Crippen LogP contribution in [0.15, 0.2) is 48.5 Å². The van der Waals surface area contributed by atoms with Crippen LogP contribution < -0.4 is 20.1 Å². The van der Waals surface area contributed by atoms with Crippen LogP contribution in [0, 0.1) is 5.82 Å². The zero-order valence-corrected chi connectivity index (χ0v) is 14.5. The monoisotopic (exact) mass is 386 g/mol. The lowest BCUT2D eigenvalue weighted by Gasteiger charge is -2.08. The number of anilines is 3. The molecule has 27 heavy (non-hydrogen) atoms. The summed E-state index contributed by atoms with van der Waals surface area (Å²) in [7, 11) is 0. The summed E-state index contributed by atoms with van der Waals surface area (Å²) in [6, 6.07) is 12.3. The topological polar surface area (TPSA) is 85.4 Å².